The molecule has 0 saturated carbocycles. The van der Waals surface area contributed by atoms with Gasteiger partial charge in [-0.25, -0.2) is 4.79 Å². The van der Waals surface area contributed by atoms with Gasteiger partial charge in [0.25, 0.3) is 5.91 Å². The molecule has 1 N–H and O–H groups in total. The van der Waals surface area contributed by atoms with Crippen LogP contribution in [-0.4, -0.2) is 39.4 Å². The van der Waals surface area contributed by atoms with Crippen LogP contribution >= 0.6 is 35.3 Å². The Kier molecular flexibility index (Phi) is 8.73. The molecule has 14 heteroatoms. The van der Waals surface area contributed by atoms with Gasteiger partial charge in [0.15, 0.2) is 0 Å². The van der Waals surface area contributed by atoms with E-state index in [1.165, 1.54) is 34.6 Å². The lowest BCUT2D eigenvalue weighted by atomic mass is 10.0. The van der Waals surface area contributed by atoms with Gasteiger partial charge < -0.3 is 9.84 Å². The largest absolute Gasteiger partial charge is 0.478 e. The molecule has 1 aromatic heterocycles. The van der Waals surface area contributed by atoms with Gasteiger partial charge >= 0.3 is 18.3 Å². The molecule has 0 atom stereocenters. The lowest BCUT2D eigenvalue weighted by Gasteiger charge is -2.14. The van der Waals surface area contributed by atoms with Gasteiger partial charge in [-0.15, -0.1) is 11.3 Å². The second-order valence-electron chi connectivity index (χ2n) is 8.42. The average molecular weight is 618 g/mol. The third kappa shape index (κ3) is 7.11. The highest BCUT2D eigenvalue weighted by molar-refractivity contribution is 8.26. The topological polar surface area (TPSA) is 66.8 Å². The number of nitrogens with zero attached hydrogens (tertiary/aromatic N) is 1. The number of thiophene rings is 1. The van der Waals surface area contributed by atoms with Gasteiger partial charge in [0.2, 0.25) is 0 Å². The van der Waals surface area contributed by atoms with Crippen LogP contribution in [0.3, 0.4) is 0 Å². The van der Waals surface area contributed by atoms with Gasteiger partial charge in [-0.2, -0.15) is 26.3 Å². The predicted molar refractivity (Wildman–Crippen MR) is 143 cm³/mol. The molecule has 0 spiro atoms. The maximum Gasteiger partial charge on any atom is 0.416 e. The average Bonchev–Trinajstić information content (AvgIpc) is 3.45. The molecule has 1 aliphatic rings. The molecule has 1 aliphatic heterocycles. The molecule has 40 heavy (non-hydrogen) atoms. The second-order valence-corrected chi connectivity index (χ2v) is 11.0. The summed E-state index contributed by atoms with van der Waals surface area (Å²) < 4.78 is 85.2. The Morgan fingerprint density at radius 3 is 2.17 bits per heavy atom. The summed E-state index contributed by atoms with van der Waals surface area (Å²) in [5.41, 5.74) is -2.04. The molecule has 210 valence electrons. The summed E-state index contributed by atoms with van der Waals surface area (Å²) in [7, 11) is 0. The maximum absolute atomic E-state index is 13.2. The summed E-state index contributed by atoms with van der Waals surface area (Å²) in [5.74, 6) is -1.45. The smallest absolute Gasteiger partial charge is 0.416 e. The van der Waals surface area contributed by atoms with Crippen molar-refractivity contribution in [1.82, 2.24) is 4.90 Å². The van der Waals surface area contributed by atoms with Gasteiger partial charge in [0.05, 0.1) is 41.4 Å². The molecule has 1 amide bonds. The van der Waals surface area contributed by atoms with Crippen molar-refractivity contribution in [2.24, 2.45) is 0 Å². The Morgan fingerprint density at radius 1 is 0.975 bits per heavy atom. The Hall–Kier alpha value is -3.20. The number of ether oxygens (including phenoxy) is 1. The molecule has 2 aromatic carbocycles. The van der Waals surface area contributed by atoms with Crippen LogP contribution in [0.25, 0.3) is 17.2 Å². The van der Waals surface area contributed by atoms with Crippen molar-refractivity contribution in [3.05, 3.63) is 85.9 Å². The van der Waals surface area contributed by atoms with E-state index in [1.54, 1.807) is 12.1 Å². The third-order valence-corrected chi connectivity index (χ3v) is 7.87. The highest BCUT2D eigenvalue weighted by Gasteiger charge is 2.37. The normalized spacial score (nSPS) is 15.3. The lowest BCUT2D eigenvalue weighted by Crippen LogP contribution is -2.31. The van der Waals surface area contributed by atoms with E-state index in [2.05, 4.69) is 0 Å². The lowest BCUT2D eigenvalue weighted by molar-refractivity contribution is -0.143. The minimum absolute atomic E-state index is 0.0703. The van der Waals surface area contributed by atoms with E-state index in [1.807, 2.05) is 0 Å². The summed E-state index contributed by atoms with van der Waals surface area (Å²) in [6.45, 7) is 0.476. The number of hydrogen-bond donors (Lipinski definition) is 1. The number of alkyl halides is 6. The summed E-state index contributed by atoms with van der Waals surface area (Å²) >= 11 is 7.35. The molecule has 0 radical (unpaired) electrons. The van der Waals surface area contributed by atoms with Crippen molar-refractivity contribution in [2.75, 3.05) is 13.2 Å². The number of carboxylic acids is 1. The number of thioether (sulfide) groups is 1. The number of carboxylic acid groups (broad SMARTS) is 1. The predicted octanol–water partition coefficient (Wildman–Crippen LogP) is 7.57. The van der Waals surface area contributed by atoms with Crippen molar-refractivity contribution in [2.45, 2.75) is 19.0 Å². The minimum atomic E-state index is -4.96. The van der Waals surface area contributed by atoms with Gasteiger partial charge in [-0.1, -0.05) is 36.1 Å². The fourth-order valence-electron chi connectivity index (χ4n) is 3.61. The molecule has 0 aliphatic carbocycles. The fraction of sp³-hybridized carbons (Fsp3) is 0.192. The first-order valence-electron chi connectivity index (χ1n) is 11.3. The monoisotopic (exact) mass is 617 g/mol. The first-order valence-corrected chi connectivity index (χ1v) is 13.4. The van der Waals surface area contributed by atoms with E-state index in [9.17, 15) is 35.9 Å². The first kappa shape index (κ1) is 29.8. The highest BCUT2D eigenvalue weighted by atomic mass is 32.2. The van der Waals surface area contributed by atoms with Crippen LogP contribution in [0, 0.1) is 0 Å². The number of carbonyl (C=O) groups is 2. The molecule has 2 heterocycles. The number of amides is 1. The zero-order chi connectivity index (χ0) is 29.2. The first-order chi connectivity index (χ1) is 18.7. The van der Waals surface area contributed by atoms with E-state index in [0.29, 0.717) is 17.0 Å². The zero-order valence-corrected chi connectivity index (χ0v) is 22.5. The number of halogens is 6. The van der Waals surface area contributed by atoms with Crippen molar-refractivity contribution < 1.29 is 45.8 Å². The van der Waals surface area contributed by atoms with Crippen LogP contribution in [0.1, 0.15) is 31.9 Å². The van der Waals surface area contributed by atoms with Crippen molar-refractivity contribution in [3.63, 3.8) is 0 Å². The van der Waals surface area contributed by atoms with Crippen LogP contribution in [0.15, 0.2) is 58.8 Å². The number of thiocarbonyl (C=S) groups is 1. The number of rotatable bonds is 8. The molecule has 3 aromatic rings. The molecule has 4 rings (SSSR count). The maximum atomic E-state index is 13.2. The van der Waals surface area contributed by atoms with E-state index < -0.39 is 35.4 Å². The van der Waals surface area contributed by atoms with E-state index in [-0.39, 0.29) is 51.7 Å². The number of carbonyl (C=O) groups excluding carboxylic acids is 1. The molecular formula is C26H17F6NO4S3. The van der Waals surface area contributed by atoms with Crippen molar-refractivity contribution >= 4 is 57.6 Å². The van der Waals surface area contributed by atoms with Gasteiger partial charge in [-0.3, -0.25) is 9.69 Å². The summed E-state index contributed by atoms with van der Waals surface area (Å²) in [6.07, 6.45) is -8.44. The van der Waals surface area contributed by atoms with Crippen LogP contribution in [-0.2, 0) is 28.5 Å². The second kappa shape index (κ2) is 11.7. The Balaban J connectivity index is 1.42. The van der Waals surface area contributed by atoms with Crippen LogP contribution in [0.4, 0.5) is 26.3 Å². The van der Waals surface area contributed by atoms with Gasteiger partial charge in [0.1, 0.15) is 4.32 Å². The summed E-state index contributed by atoms with van der Waals surface area (Å²) in [4.78, 5) is 25.8. The van der Waals surface area contributed by atoms with E-state index in [0.717, 1.165) is 28.7 Å². The molecule has 0 bridgehead atoms. The quantitative estimate of drug-likeness (QED) is 0.122. The van der Waals surface area contributed by atoms with Crippen molar-refractivity contribution in [1.29, 1.82) is 0 Å². The molecule has 5 nitrogen and oxygen atoms in total. The number of hydrogen-bond acceptors (Lipinski definition) is 6. The fourth-order valence-corrected chi connectivity index (χ4v) is 5.83. The Labute approximate surface area is 237 Å². The molecular weight excluding hydrogens is 600 g/mol. The summed E-state index contributed by atoms with van der Waals surface area (Å²) in [5, 5.41) is 10.4. The molecule has 1 saturated heterocycles. The number of aromatic carboxylic acids is 1. The zero-order valence-electron chi connectivity index (χ0n) is 20.0. The standard InChI is InChI=1S/C26H17F6NO4S3/c27-25(28,29)18-7-16(8-19(10-18)26(30,31)32)17-9-20(39-13-17)11-21-22(34)33(24(38)40-21)5-6-37-12-14-1-3-15(4-2-14)23(35)36/h1-4,7-11,13H,5-6,12H2,(H,35,36). The minimum Gasteiger partial charge on any atom is -0.478 e. The number of benzene rings is 2. The van der Waals surface area contributed by atoms with E-state index >= 15 is 0 Å². The SMILES string of the molecule is O=C(O)c1ccc(COCCN2C(=O)C(=Cc3cc(-c4cc(C(F)(F)F)cc(C(F)(F)F)c4)cs3)SC2=S)cc1. The van der Waals surface area contributed by atoms with Crippen LogP contribution in [0.5, 0.6) is 0 Å². The summed E-state index contributed by atoms with van der Waals surface area (Å²) in [6, 6.07) is 8.92. The van der Waals surface area contributed by atoms with Crippen LogP contribution < -0.4 is 0 Å². The van der Waals surface area contributed by atoms with Gasteiger partial charge in [-0.05, 0) is 64.5 Å². The third-order valence-electron chi connectivity index (χ3n) is 5.62. The Bertz CT molecular complexity index is 1450. The highest BCUT2D eigenvalue weighted by Crippen LogP contribution is 2.40. The van der Waals surface area contributed by atoms with Crippen LogP contribution in [0.2, 0.25) is 0 Å². The molecule has 1 fully saturated rings. The molecule has 0 unspecified atom stereocenters. The van der Waals surface area contributed by atoms with Crippen molar-refractivity contribution in [3.8, 4) is 11.1 Å². The van der Waals surface area contributed by atoms with E-state index in [4.69, 9.17) is 22.1 Å². The van der Waals surface area contributed by atoms with Gasteiger partial charge in [0, 0.05) is 4.88 Å². The Morgan fingerprint density at radius 2 is 1.60 bits per heavy atom.